The van der Waals surface area contributed by atoms with Gasteiger partial charge in [0, 0.05) is 24.5 Å². The van der Waals surface area contributed by atoms with Crippen LogP contribution in [0.25, 0.3) is 11.0 Å². The quantitative estimate of drug-likeness (QED) is 0.915. The van der Waals surface area contributed by atoms with E-state index in [2.05, 4.69) is 5.16 Å². The number of nitrogens with two attached hydrogens (primary N) is 1. The molecule has 1 saturated heterocycles. The summed E-state index contributed by atoms with van der Waals surface area (Å²) in [6.07, 6.45) is 1.68. The zero-order valence-corrected chi connectivity index (χ0v) is 11.8. The highest BCUT2D eigenvalue weighted by Gasteiger charge is 2.29. The zero-order valence-electron chi connectivity index (χ0n) is 11.0. The van der Waals surface area contributed by atoms with Gasteiger partial charge in [-0.15, -0.1) is 0 Å². The van der Waals surface area contributed by atoms with Gasteiger partial charge in [0.2, 0.25) is 10.0 Å². The molecule has 20 heavy (non-hydrogen) atoms. The summed E-state index contributed by atoms with van der Waals surface area (Å²) in [5.41, 5.74) is 6.91. The average Bonchev–Trinajstić information content (AvgIpc) is 2.82. The minimum Gasteiger partial charge on any atom is -0.356 e. The molecule has 1 unspecified atom stereocenters. The minimum atomic E-state index is -3.40. The van der Waals surface area contributed by atoms with Crippen LogP contribution < -0.4 is 5.73 Å². The predicted octanol–water partition coefficient (Wildman–Crippen LogP) is 1.08. The Balaban J connectivity index is 1.86. The summed E-state index contributed by atoms with van der Waals surface area (Å²) < 4.78 is 31.5. The van der Waals surface area contributed by atoms with E-state index in [0.717, 1.165) is 18.2 Å². The maximum absolute atomic E-state index is 12.4. The van der Waals surface area contributed by atoms with Crippen molar-refractivity contribution < 1.29 is 12.9 Å². The first-order valence-electron chi connectivity index (χ1n) is 6.63. The molecule has 108 valence electrons. The maximum atomic E-state index is 12.4. The molecule has 1 aliphatic heterocycles. The van der Waals surface area contributed by atoms with Gasteiger partial charge >= 0.3 is 0 Å². The van der Waals surface area contributed by atoms with Gasteiger partial charge in [0.05, 0.1) is 0 Å². The third kappa shape index (κ3) is 2.56. The molecule has 0 spiro atoms. The first-order chi connectivity index (χ1) is 9.56. The summed E-state index contributed by atoms with van der Waals surface area (Å²) in [4.78, 5) is 0. The lowest BCUT2D eigenvalue weighted by molar-refractivity contribution is 0.315. The Morgan fingerprint density at radius 2 is 2.20 bits per heavy atom. The van der Waals surface area contributed by atoms with Gasteiger partial charge in [-0.05, 0) is 25.0 Å². The first-order valence-corrected chi connectivity index (χ1v) is 8.24. The van der Waals surface area contributed by atoms with E-state index in [1.54, 1.807) is 6.07 Å². The summed E-state index contributed by atoms with van der Waals surface area (Å²) in [6.45, 7) is 0.921. The van der Waals surface area contributed by atoms with Gasteiger partial charge in [0.1, 0.15) is 11.4 Å². The molecular weight excluding hydrogens is 278 g/mol. The molecule has 2 aromatic rings. The lowest BCUT2D eigenvalue weighted by Crippen LogP contribution is -2.46. The average molecular weight is 295 g/mol. The van der Waals surface area contributed by atoms with Crippen LogP contribution in [-0.2, 0) is 15.8 Å². The van der Waals surface area contributed by atoms with E-state index in [4.69, 9.17) is 10.3 Å². The first kappa shape index (κ1) is 13.5. The molecule has 0 saturated carbocycles. The number of sulfonamides is 1. The van der Waals surface area contributed by atoms with Crippen molar-refractivity contribution in [3.8, 4) is 0 Å². The van der Waals surface area contributed by atoms with Crippen molar-refractivity contribution in [1.29, 1.82) is 0 Å². The molecule has 3 rings (SSSR count). The largest absolute Gasteiger partial charge is 0.356 e. The zero-order chi connectivity index (χ0) is 14.2. The molecule has 0 amide bonds. The highest BCUT2D eigenvalue weighted by Crippen LogP contribution is 2.22. The Kier molecular flexibility index (Phi) is 3.49. The molecule has 0 radical (unpaired) electrons. The summed E-state index contributed by atoms with van der Waals surface area (Å²) in [7, 11) is -3.40. The molecular formula is C13H17N3O3S. The number of para-hydroxylation sites is 1. The van der Waals surface area contributed by atoms with E-state index >= 15 is 0 Å². The predicted molar refractivity (Wildman–Crippen MR) is 75.4 cm³/mol. The molecule has 1 aliphatic rings. The van der Waals surface area contributed by atoms with Gasteiger partial charge < -0.3 is 10.3 Å². The number of aromatic nitrogens is 1. The summed E-state index contributed by atoms with van der Waals surface area (Å²) in [6, 6.07) is 7.18. The van der Waals surface area contributed by atoms with Gasteiger partial charge in [-0.25, -0.2) is 12.7 Å². The monoisotopic (exact) mass is 295 g/mol. The Morgan fingerprint density at radius 3 is 3.00 bits per heavy atom. The molecule has 1 atom stereocenters. The molecule has 2 N–H and O–H groups in total. The number of hydrogen-bond donors (Lipinski definition) is 1. The second-order valence-electron chi connectivity index (χ2n) is 5.14. The lowest BCUT2D eigenvalue weighted by Gasteiger charge is -2.29. The van der Waals surface area contributed by atoms with Gasteiger partial charge in [-0.1, -0.05) is 17.3 Å². The Labute approximate surface area is 117 Å². The molecule has 7 heteroatoms. The van der Waals surface area contributed by atoms with E-state index in [-0.39, 0.29) is 11.8 Å². The fourth-order valence-corrected chi connectivity index (χ4v) is 4.10. The molecule has 1 aromatic heterocycles. The summed E-state index contributed by atoms with van der Waals surface area (Å²) in [5.74, 6) is -0.142. The van der Waals surface area contributed by atoms with E-state index in [1.807, 2.05) is 18.2 Å². The van der Waals surface area contributed by atoms with Crippen LogP contribution >= 0.6 is 0 Å². The van der Waals surface area contributed by atoms with Crippen molar-refractivity contribution in [2.75, 3.05) is 13.1 Å². The lowest BCUT2D eigenvalue weighted by atomic mass is 10.1. The topological polar surface area (TPSA) is 89.4 Å². The second-order valence-corrected chi connectivity index (χ2v) is 7.11. The van der Waals surface area contributed by atoms with Gasteiger partial charge in [0.25, 0.3) is 0 Å². The van der Waals surface area contributed by atoms with Gasteiger partial charge in [0.15, 0.2) is 5.58 Å². The summed E-state index contributed by atoms with van der Waals surface area (Å²) in [5, 5.41) is 4.63. The van der Waals surface area contributed by atoms with Crippen molar-refractivity contribution >= 4 is 21.0 Å². The van der Waals surface area contributed by atoms with E-state index in [9.17, 15) is 8.42 Å². The van der Waals surface area contributed by atoms with E-state index in [0.29, 0.717) is 24.4 Å². The Hall–Kier alpha value is -1.44. The highest BCUT2D eigenvalue weighted by molar-refractivity contribution is 7.88. The van der Waals surface area contributed by atoms with Crippen molar-refractivity contribution in [2.24, 2.45) is 5.73 Å². The summed E-state index contributed by atoms with van der Waals surface area (Å²) >= 11 is 0. The molecule has 6 nitrogen and oxygen atoms in total. The maximum Gasteiger partial charge on any atom is 0.220 e. The molecule has 2 heterocycles. The van der Waals surface area contributed by atoms with Crippen LogP contribution in [0.5, 0.6) is 0 Å². The Bertz CT molecular complexity index is 710. The van der Waals surface area contributed by atoms with Crippen LogP contribution in [0.15, 0.2) is 28.8 Å². The van der Waals surface area contributed by atoms with Crippen LogP contribution in [0.2, 0.25) is 0 Å². The van der Waals surface area contributed by atoms with Gasteiger partial charge in [-0.3, -0.25) is 0 Å². The third-order valence-electron chi connectivity index (χ3n) is 3.59. The van der Waals surface area contributed by atoms with Crippen molar-refractivity contribution in [2.45, 2.75) is 24.6 Å². The number of piperidine rings is 1. The number of rotatable bonds is 3. The fourth-order valence-electron chi connectivity index (χ4n) is 2.53. The molecule has 1 aromatic carbocycles. The molecule has 1 fully saturated rings. The smallest absolute Gasteiger partial charge is 0.220 e. The van der Waals surface area contributed by atoms with Crippen LogP contribution in [0.1, 0.15) is 18.5 Å². The standard InChI is InChI=1S/C13H17N3O3S/c14-10-4-3-7-16(8-10)20(17,18)9-12-11-5-1-2-6-13(11)19-15-12/h1-2,5-6,10H,3-4,7-9,14H2. The number of benzene rings is 1. The second kappa shape index (κ2) is 5.16. The van der Waals surface area contributed by atoms with E-state index < -0.39 is 10.0 Å². The van der Waals surface area contributed by atoms with Crippen molar-refractivity contribution in [1.82, 2.24) is 9.46 Å². The highest BCUT2D eigenvalue weighted by atomic mass is 32.2. The van der Waals surface area contributed by atoms with Crippen LogP contribution in [0, 0.1) is 0 Å². The van der Waals surface area contributed by atoms with Crippen LogP contribution in [0.4, 0.5) is 0 Å². The minimum absolute atomic E-state index is 0.0763. The normalized spacial score (nSPS) is 21.4. The molecule has 0 aliphatic carbocycles. The van der Waals surface area contributed by atoms with Crippen LogP contribution in [-0.4, -0.2) is 37.0 Å². The molecule has 0 bridgehead atoms. The van der Waals surface area contributed by atoms with Crippen molar-refractivity contribution in [3.63, 3.8) is 0 Å². The number of nitrogens with zero attached hydrogens (tertiary/aromatic N) is 2. The van der Waals surface area contributed by atoms with Crippen LogP contribution in [0.3, 0.4) is 0 Å². The number of hydrogen-bond acceptors (Lipinski definition) is 5. The van der Waals surface area contributed by atoms with Crippen molar-refractivity contribution in [3.05, 3.63) is 30.0 Å². The SMILES string of the molecule is NC1CCCN(S(=O)(=O)Cc2noc3ccccc23)C1. The number of fused-ring (bicyclic) bond motifs is 1. The fraction of sp³-hybridized carbons (Fsp3) is 0.462. The third-order valence-corrected chi connectivity index (χ3v) is 5.34. The Morgan fingerprint density at radius 1 is 1.40 bits per heavy atom. The van der Waals surface area contributed by atoms with Gasteiger partial charge in [-0.2, -0.15) is 0 Å². The van der Waals surface area contributed by atoms with E-state index in [1.165, 1.54) is 4.31 Å².